The molecule has 7 nitrogen and oxygen atoms in total. The first-order chi connectivity index (χ1) is 15.4. The number of halogens is 1. The first kappa shape index (κ1) is 23.1. The number of amides is 1. The minimum atomic E-state index is -0.353. The largest absolute Gasteiger partial charge is 0.462 e. The number of benzene rings is 2. The molecule has 0 aliphatic rings. The van der Waals surface area contributed by atoms with Gasteiger partial charge in [0, 0.05) is 33.3 Å². The van der Waals surface area contributed by atoms with E-state index in [0.717, 1.165) is 28.3 Å². The van der Waals surface area contributed by atoms with E-state index < -0.39 is 0 Å². The first-order valence-electron chi connectivity index (χ1n) is 10.2. The van der Waals surface area contributed by atoms with Gasteiger partial charge in [-0.3, -0.25) is 4.79 Å². The lowest BCUT2D eigenvalue weighted by atomic mass is 10.2. The molecule has 0 aliphatic heterocycles. The summed E-state index contributed by atoms with van der Waals surface area (Å²) in [5, 5.41) is 7.71. The average Bonchev–Trinajstić information content (AvgIpc) is 3.06. The highest BCUT2D eigenvalue weighted by atomic mass is 35.5. The Bertz CT molecular complexity index is 1140. The molecule has 0 spiro atoms. The molecule has 1 aromatic heterocycles. The molecule has 3 aromatic rings. The van der Waals surface area contributed by atoms with Crippen molar-refractivity contribution < 1.29 is 14.3 Å². The highest BCUT2D eigenvalue weighted by molar-refractivity contribution is 6.30. The maximum absolute atomic E-state index is 12.1. The van der Waals surface area contributed by atoms with E-state index in [1.807, 2.05) is 36.6 Å². The lowest BCUT2D eigenvalue weighted by Crippen LogP contribution is -2.25. The number of ether oxygens (including phenoxy) is 1. The number of aryl methyl sites for hydroxylation is 1. The third-order valence-electron chi connectivity index (χ3n) is 4.78. The van der Waals surface area contributed by atoms with Crippen LogP contribution in [0.1, 0.15) is 34.2 Å². The predicted octanol–water partition coefficient (Wildman–Crippen LogP) is 4.49. The van der Waals surface area contributed by atoms with Gasteiger partial charge in [0.2, 0.25) is 0 Å². The van der Waals surface area contributed by atoms with E-state index in [9.17, 15) is 9.59 Å². The van der Waals surface area contributed by atoms with Crippen LogP contribution in [-0.2, 0) is 9.53 Å². The fraction of sp³-hybridized carbons (Fsp3) is 0.208. The summed E-state index contributed by atoms with van der Waals surface area (Å²) in [7, 11) is 0. The Morgan fingerprint density at radius 1 is 1.12 bits per heavy atom. The number of carbonyl (C=O) groups is 2. The summed E-state index contributed by atoms with van der Waals surface area (Å²) in [6, 6.07) is 16.3. The summed E-state index contributed by atoms with van der Waals surface area (Å²) in [6.45, 7) is 6.11. The molecule has 1 heterocycles. The van der Waals surface area contributed by atoms with Gasteiger partial charge in [0.15, 0.2) is 0 Å². The Morgan fingerprint density at radius 2 is 1.88 bits per heavy atom. The molecule has 0 fully saturated rings. The van der Waals surface area contributed by atoms with Crippen molar-refractivity contribution in [3.05, 3.63) is 82.1 Å². The average molecular weight is 453 g/mol. The van der Waals surface area contributed by atoms with Gasteiger partial charge in [-0.25, -0.2) is 10.2 Å². The molecule has 3 rings (SSSR count). The van der Waals surface area contributed by atoms with Crippen molar-refractivity contribution in [1.82, 2.24) is 9.99 Å². The smallest absolute Gasteiger partial charge is 0.338 e. The van der Waals surface area contributed by atoms with Crippen LogP contribution in [0.5, 0.6) is 0 Å². The fourth-order valence-corrected chi connectivity index (χ4v) is 3.39. The molecule has 2 N–H and O–H groups in total. The van der Waals surface area contributed by atoms with Crippen molar-refractivity contribution in [2.45, 2.75) is 20.8 Å². The van der Waals surface area contributed by atoms with Gasteiger partial charge in [0.1, 0.15) is 0 Å². The maximum Gasteiger partial charge on any atom is 0.338 e. The number of aromatic nitrogens is 1. The number of rotatable bonds is 8. The van der Waals surface area contributed by atoms with Crippen LogP contribution in [0.15, 0.2) is 59.7 Å². The van der Waals surface area contributed by atoms with Gasteiger partial charge in [-0.2, -0.15) is 5.10 Å². The Morgan fingerprint density at radius 3 is 2.59 bits per heavy atom. The molecule has 32 heavy (non-hydrogen) atoms. The summed E-state index contributed by atoms with van der Waals surface area (Å²) in [5.74, 6) is -0.624. The molecule has 0 unspecified atom stereocenters. The lowest BCUT2D eigenvalue weighted by molar-refractivity contribution is -0.119. The normalized spacial score (nSPS) is 10.9. The molecule has 0 atom stereocenters. The molecule has 2 aromatic carbocycles. The van der Waals surface area contributed by atoms with Crippen LogP contribution in [0.25, 0.3) is 5.69 Å². The van der Waals surface area contributed by atoms with Crippen LogP contribution >= 0.6 is 11.6 Å². The second kappa shape index (κ2) is 10.6. The summed E-state index contributed by atoms with van der Waals surface area (Å²) in [5.41, 5.74) is 7.41. The zero-order chi connectivity index (χ0) is 23.1. The van der Waals surface area contributed by atoms with Crippen molar-refractivity contribution in [3.63, 3.8) is 0 Å². The van der Waals surface area contributed by atoms with Crippen LogP contribution < -0.4 is 10.7 Å². The van der Waals surface area contributed by atoms with Gasteiger partial charge >= 0.3 is 5.97 Å². The number of anilines is 1. The van der Waals surface area contributed by atoms with Crippen molar-refractivity contribution in [3.8, 4) is 5.69 Å². The monoisotopic (exact) mass is 452 g/mol. The quantitative estimate of drug-likeness (QED) is 0.299. The molecule has 0 bridgehead atoms. The van der Waals surface area contributed by atoms with E-state index in [1.165, 1.54) is 0 Å². The second-order valence-corrected chi connectivity index (χ2v) is 7.52. The molecule has 1 amide bonds. The van der Waals surface area contributed by atoms with Crippen molar-refractivity contribution in [2.24, 2.45) is 5.10 Å². The zero-order valence-corrected chi connectivity index (χ0v) is 18.9. The molecular formula is C24H25ClN4O3. The van der Waals surface area contributed by atoms with E-state index in [4.69, 9.17) is 16.3 Å². The Kier molecular flexibility index (Phi) is 7.68. The number of carbonyl (C=O) groups excluding carboxylic acids is 2. The van der Waals surface area contributed by atoms with E-state index in [2.05, 4.69) is 15.8 Å². The number of esters is 1. The highest BCUT2D eigenvalue weighted by Crippen LogP contribution is 2.21. The van der Waals surface area contributed by atoms with Gasteiger partial charge in [-0.1, -0.05) is 17.7 Å². The molecule has 0 aliphatic carbocycles. The minimum absolute atomic E-state index is 0.0820. The molecule has 8 heteroatoms. The Labute approximate surface area is 192 Å². The highest BCUT2D eigenvalue weighted by Gasteiger charge is 2.12. The fourth-order valence-electron chi connectivity index (χ4n) is 3.27. The van der Waals surface area contributed by atoms with Crippen molar-refractivity contribution in [1.29, 1.82) is 0 Å². The number of nitrogens with zero attached hydrogens (tertiary/aromatic N) is 2. The van der Waals surface area contributed by atoms with Crippen molar-refractivity contribution in [2.75, 3.05) is 18.5 Å². The third kappa shape index (κ3) is 5.76. The van der Waals surface area contributed by atoms with E-state index in [1.54, 1.807) is 49.5 Å². The van der Waals surface area contributed by atoms with E-state index in [-0.39, 0.29) is 18.4 Å². The number of hydrogen-bond donors (Lipinski definition) is 2. The summed E-state index contributed by atoms with van der Waals surface area (Å²) in [6.07, 6.45) is 1.61. The van der Waals surface area contributed by atoms with Crippen LogP contribution in [-0.4, -0.2) is 35.8 Å². The van der Waals surface area contributed by atoms with Gasteiger partial charge < -0.3 is 14.6 Å². The number of hydrazone groups is 1. The molecule has 166 valence electrons. The lowest BCUT2D eigenvalue weighted by Gasteiger charge is -2.11. The van der Waals surface area contributed by atoms with Gasteiger partial charge in [0.25, 0.3) is 5.91 Å². The maximum atomic E-state index is 12.1. The van der Waals surface area contributed by atoms with Gasteiger partial charge in [-0.15, -0.1) is 0 Å². The van der Waals surface area contributed by atoms with Gasteiger partial charge in [0.05, 0.1) is 24.9 Å². The van der Waals surface area contributed by atoms with Crippen LogP contribution in [0, 0.1) is 13.8 Å². The first-order valence-corrected chi connectivity index (χ1v) is 10.5. The van der Waals surface area contributed by atoms with Crippen LogP contribution in [0.2, 0.25) is 5.02 Å². The molecule has 0 radical (unpaired) electrons. The molecule has 0 saturated heterocycles. The Balaban J connectivity index is 1.66. The second-order valence-electron chi connectivity index (χ2n) is 7.09. The SMILES string of the molecule is CCOC(=O)c1cccc(-n2c(C)cc(/C=N\NC(=O)CNc3ccc(Cl)cc3)c2C)c1. The van der Waals surface area contributed by atoms with Gasteiger partial charge in [-0.05, 0) is 69.3 Å². The number of hydrogen-bond acceptors (Lipinski definition) is 5. The summed E-state index contributed by atoms with van der Waals surface area (Å²) in [4.78, 5) is 24.1. The molecular weight excluding hydrogens is 428 g/mol. The number of nitrogens with one attached hydrogen (secondary N) is 2. The zero-order valence-electron chi connectivity index (χ0n) is 18.2. The van der Waals surface area contributed by atoms with Crippen molar-refractivity contribution >= 4 is 35.4 Å². The van der Waals surface area contributed by atoms with E-state index >= 15 is 0 Å². The molecule has 0 saturated carbocycles. The topological polar surface area (TPSA) is 84.7 Å². The summed E-state index contributed by atoms with van der Waals surface area (Å²) >= 11 is 5.85. The predicted molar refractivity (Wildman–Crippen MR) is 127 cm³/mol. The third-order valence-corrected chi connectivity index (χ3v) is 5.03. The standard InChI is InChI=1S/C24H25ClN4O3/c1-4-32-24(31)18-6-5-7-22(13-18)29-16(2)12-19(17(29)3)14-27-28-23(30)15-26-21-10-8-20(25)9-11-21/h5-14,26H,4,15H2,1-3H3,(H,28,30)/b27-14-. The van der Waals surface area contributed by atoms with E-state index in [0.29, 0.717) is 17.2 Å². The summed E-state index contributed by atoms with van der Waals surface area (Å²) < 4.78 is 7.11. The van der Waals surface area contributed by atoms with Crippen LogP contribution in [0.3, 0.4) is 0 Å². The minimum Gasteiger partial charge on any atom is -0.462 e. The Hall–Kier alpha value is -3.58. The van der Waals surface area contributed by atoms with Crippen LogP contribution in [0.4, 0.5) is 5.69 Å².